The second kappa shape index (κ2) is 6.11. The minimum atomic E-state index is -0.0186. The van der Waals surface area contributed by atoms with Crippen LogP contribution in [0, 0.1) is 5.92 Å². The molecule has 118 valence electrons. The van der Waals surface area contributed by atoms with E-state index in [2.05, 4.69) is 19.2 Å². The van der Waals surface area contributed by atoms with Crippen LogP contribution in [0.15, 0.2) is 18.2 Å². The molecule has 1 aliphatic carbocycles. The van der Waals surface area contributed by atoms with Gasteiger partial charge in [0.05, 0.1) is 0 Å². The van der Waals surface area contributed by atoms with Crippen molar-refractivity contribution in [1.29, 1.82) is 0 Å². The molecule has 4 nitrogen and oxygen atoms in total. The fourth-order valence-electron chi connectivity index (χ4n) is 3.53. The van der Waals surface area contributed by atoms with E-state index in [9.17, 15) is 9.59 Å². The molecule has 2 atom stereocenters. The molecule has 2 aliphatic rings. The zero-order chi connectivity index (χ0) is 15.7. The van der Waals surface area contributed by atoms with Gasteiger partial charge in [0.1, 0.15) is 0 Å². The Morgan fingerprint density at radius 1 is 1.32 bits per heavy atom. The first kappa shape index (κ1) is 15.1. The van der Waals surface area contributed by atoms with Crippen molar-refractivity contribution in [3.8, 4) is 0 Å². The van der Waals surface area contributed by atoms with Crippen molar-refractivity contribution in [2.75, 3.05) is 11.9 Å². The minimum absolute atomic E-state index is 0.0186. The number of fused-ring (bicyclic) bond motifs is 1. The number of Topliss-reactive ketones (excluding diaryl/α,β-unsaturated/α-hetero) is 1. The Labute approximate surface area is 131 Å². The van der Waals surface area contributed by atoms with Gasteiger partial charge in [-0.05, 0) is 55.9 Å². The Bertz CT molecular complexity index is 597. The van der Waals surface area contributed by atoms with Gasteiger partial charge in [-0.2, -0.15) is 0 Å². The standard InChI is InChI=1S/C18H24N2O2/c1-3-13-5-4-12(2)20(11-13)18(22)19-15-7-8-16-14(10-15)6-9-17(16)21/h7-8,10,12-13H,3-6,9,11H2,1-2H3,(H,19,22)/t12-,13-/m1/s1. The quantitative estimate of drug-likeness (QED) is 0.901. The van der Waals surface area contributed by atoms with Crippen LogP contribution in [0.4, 0.5) is 10.5 Å². The van der Waals surface area contributed by atoms with E-state index in [0.717, 1.165) is 42.6 Å². The minimum Gasteiger partial charge on any atom is -0.322 e. The van der Waals surface area contributed by atoms with E-state index in [1.165, 1.54) is 6.42 Å². The number of nitrogens with zero attached hydrogens (tertiary/aromatic N) is 1. The molecule has 0 radical (unpaired) electrons. The summed E-state index contributed by atoms with van der Waals surface area (Å²) >= 11 is 0. The number of hydrogen-bond donors (Lipinski definition) is 1. The van der Waals surface area contributed by atoms with Crippen molar-refractivity contribution >= 4 is 17.5 Å². The maximum Gasteiger partial charge on any atom is 0.322 e. The molecular weight excluding hydrogens is 276 g/mol. The molecule has 1 fully saturated rings. The van der Waals surface area contributed by atoms with E-state index in [0.29, 0.717) is 18.4 Å². The Morgan fingerprint density at radius 3 is 2.91 bits per heavy atom. The highest BCUT2D eigenvalue weighted by Crippen LogP contribution is 2.27. The lowest BCUT2D eigenvalue weighted by molar-refractivity contribution is 0.0994. The number of nitrogens with one attached hydrogen (secondary N) is 1. The van der Waals surface area contributed by atoms with Crippen LogP contribution in [0.5, 0.6) is 0 Å². The van der Waals surface area contributed by atoms with Crippen LogP contribution in [-0.2, 0) is 6.42 Å². The zero-order valence-corrected chi connectivity index (χ0v) is 13.4. The molecule has 22 heavy (non-hydrogen) atoms. The van der Waals surface area contributed by atoms with Crippen molar-refractivity contribution in [1.82, 2.24) is 4.90 Å². The van der Waals surface area contributed by atoms with E-state index >= 15 is 0 Å². The first-order valence-electron chi connectivity index (χ1n) is 8.32. The van der Waals surface area contributed by atoms with Gasteiger partial charge in [-0.25, -0.2) is 4.79 Å². The Kier molecular flexibility index (Phi) is 4.19. The Morgan fingerprint density at radius 2 is 2.14 bits per heavy atom. The van der Waals surface area contributed by atoms with Crippen molar-refractivity contribution < 1.29 is 9.59 Å². The highest BCUT2D eigenvalue weighted by Gasteiger charge is 2.28. The normalized spacial score (nSPS) is 24.3. The predicted octanol–water partition coefficient (Wildman–Crippen LogP) is 3.86. The van der Waals surface area contributed by atoms with Gasteiger partial charge in [0.25, 0.3) is 0 Å². The van der Waals surface area contributed by atoms with Crippen LogP contribution >= 0.6 is 0 Å². The van der Waals surface area contributed by atoms with Gasteiger partial charge in [-0.1, -0.05) is 13.3 Å². The maximum absolute atomic E-state index is 12.6. The molecule has 4 heteroatoms. The average Bonchev–Trinajstić information content (AvgIpc) is 2.88. The molecule has 1 N–H and O–H groups in total. The van der Waals surface area contributed by atoms with Gasteiger partial charge in [0, 0.05) is 30.3 Å². The van der Waals surface area contributed by atoms with Crippen LogP contribution in [0.25, 0.3) is 0 Å². The van der Waals surface area contributed by atoms with E-state index in [-0.39, 0.29) is 11.8 Å². The number of amides is 2. The van der Waals surface area contributed by atoms with Crippen molar-refractivity contribution in [3.63, 3.8) is 0 Å². The van der Waals surface area contributed by atoms with E-state index in [1.54, 1.807) is 0 Å². The van der Waals surface area contributed by atoms with E-state index < -0.39 is 0 Å². The van der Waals surface area contributed by atoms with Crippen LogP contribution in [0.2, 0.25) is 0 Å². The number of piperidine rings is 1. The van der Waals surface area contributed by atoms with Gasteiger partial charge in [0.15, 0.2) is 5.78 Å². The monoisotopic (exact) mass is 300 g/mol. The Hall–Kier alpha value is -1.84. The number of hydrogen-bond acceptors (Lipinski definition) is 2. The summed E-state index contributed by atoms with van der Waals surface area (Å²) in [5, 5.41) is 3.01. The predicted molar refractivity (Wildman–Crippen MR) is 87.3 cm³/mol. The fourth-order valence-corrected chi connectivity index (χ4v) is 3.53. The summed E-state index contributed by atoms with van der Waals surface area (Å²) < 4.78 is 0. The summed E-state index contributed by atoms with van der Waals surface area (Å²) in [6, 6.07) is 5.90. The molecule has 1 aromatic rings. The van der Waals surface area contributed by atoms with Gasteiger partial charge in [-0.15, -0.1) is 0 Å². The number of urea groups is 1. The summed E-state index contributed by atoms with van der Waals surface area (Å²) in [5.74, 6) is 0.822. The van der Waals surface area contributed by atoms with Gasteiger partial charge in [0.2, 0.25) is 0 Å². The summed E-state index contributed by atoms with van der Waals surface area (Å²) in [7, 11) is 0. The van der Waals surface area contributed by atoms with Gasteiger partial charge >= 0.3 is 6.03 Å². The number of likely N-dealkylation sites (tertiary alicyclic amines) is 1. The lowest BCUT2D eigenvalue weighted by atomic mass is 9.92. The number of carbonyl (C=O) groups excluding carboxylic acids is 2. The first-order valence-corrected chi connectivity index (χ1v) is 8.32. The number of aryl methyl sites for hydroxylation is 1. The SMILES string of the molecule is CC[C@@H]1CC[C@@H](C)N(C(=O)Nc2ccc3c(c2)CCC3=O)C1. The highest BCUT2D eigenvalue weighted by atomic mass is 16.2. The highest BCUT2D eigenvalue weighted by molar-refractivity contribution is 6.01. The van der Waals surface area contributed by atoms with Gasteiger partial charge < -0.3 is 10.2 Å². The molecule has 2 amide bonds. The van der Waals surface area contributed by atoms with Crippen LogP contribution in [-0.4, -0.2) is 29.3 Å². The number of anilines is 1. The molecule has 0 unspecified atom stereocenters. The van der Waals surface area contributed by atoms with Crippen molar-refractivity contribution in [3.05, 3.63) is 29.3 Å². The molecular formula is C18H24N2O2. The summed E-state index contributed by atoms with van der Waals surface area (Å²) in [5.41, 5.74) is 2.67. The molecule has 1 saturated heterocycles. The summed E-state index contributed by atoms with van der Waals surface area (Å²) in [4.78, 5) is 26.2. The third kappa shape index (κ3) is 2.87. The molecule has 0 bridgehead atoms. The van der Waals surface area contributed by atoms with E-state index in [4.69, 9.17) is 0 Å². The molecule has 0 spiro atoms. The van der Waals surface area contributed by atoms with Gasteiger partial charge in [-0.3, -0.25) is 4.79 Å². The molecule has 0 aromatic heterocycles. The van der Waals surface area contributed by atoms with Crippen molar-refractivity contribution in [2.24, 2.45) is 5.92 Å². The average molecular weight is 300 g/mol. The lowest BCUT2D eigenvalue weighted by Gasteiger charge is -2.37. The summed E-state index contributed by atoms with van der Waals surface area (Å²) in [6.07, 6.45) is 4.79. The molecule has 1 heterocycles. The third-order valence-electron chi connectivity index (χ3n) is 5.10. The molecule has 1 aromatic carbocycles. The number of benzene rings is 1. The maximum atomic E-state index is 12.6. The number of ketones is 1. The molecule has 1 aliphatic heterocycles. The number of rotatable bonds is 2. The van der Waals surface area contributed by atoms with Crippen molar-refractivity contribution in [2.45, 2.75) is 52.0 Å². The molecule has 0 saturated carbocycles. The first-order chi connectivity index (χ1) is 10.6. The van der Waals surface area contributed by atoms with E-state index in [1.807, 2.05) is 23.1 Å². The van der Waals surface area contributed by atoms with Crippen LogP contribution in [0.3, 0.4) is 0 Å². The second-order valence-electron chi connectivity index (χ2n) is 6.58. The van der Waals surface area contributed by atoms with Crippen LogP contribution in [0.1, 0.15) is 55.5 Å². The zero-order valence-electron chi connectivity index (χ0n) is 13.4. The molecule has 3 rings (SSSR count). The second-order valence-corrected chi connectivity index (χ2v) is 6.58. The largest absolute Gasteiger partial charge is 0.322 e. The third-order valence-corrected chi connectivity index (χ3v) is 5.10. The summed E-state index contributed by atoms with van der Waals surface area (Å²) in [6.45, 7) is 5.15. The number of carbonyl (C=O) groups is 2. The fraction of sp³-hybridized carbons (Fsp3) is 0.556. The lowest BCUT2D eigenvalue weighted by Crippen LogP contribution is -2.47. The smallest absolute Gasteiger partial charge is 0.322 e. The Balaban J connectivity index is 1.70. The topological polar surface area (TPSA) is 49.4 Å². The van der Waals surface area contributed by atoms with Crippen LogP contribution < -0.4 is 5.32 Å².